The summed E-state index contributed by atoms with van der Waals surface area (Å²) in [7, 11) is 0. The molecule has 0 amide bonds. The van der Waals surface area contributed by atoms with E-state index in [2.05, 4.69) is 98.1 Å². The minimum absolute atomic E-state index is 0.117. The summed E-state index contributed by atoms with van der Waals surface area (Å²) in [6, 6.07) is 37.7. The van der Waals surface area contributed by atoms with E-state index in [4.69, 9.17) is 18.9 Å². The molecule has 6 nitrogen and oxygen atoms in total. The Hall–Kier alpha value is -5.62. The largest absolute Gasteiger partial charge is 0.490 e. The van der Waals surface area contributed by atoms with Crippen LogP contribution in [0.1, 0.15) is 22.3 Å². The van der Waals surface area contributed by atoms with Gasteiger partial charge in [0.2, 0.25) is 0 Å². The third kappa shape index (κ3) is 5.70. The molecule has 0 saturated heterocycles. The van der Waals surface area contributed by atoms with Crippen LogP contribution in [0, 0.1) is 0 Å². The van der Waals surface area contributed by atoms with Crippen molar-refractivity contribution in [2.45, 2.75) is 5.41 Å². The Balaban J connectivity index is 1.46. The molecule has 1 unspecified atom stereocenters. The number of carbonyl (C=O) groups excluding carboxylic acids is 2. The Morgan fingerprint density at radius 1 is 0.556 bits per heavy atom. The Kier molecular flexibility index (Phi) is 8.47. The summed E-state index contributed by atoms with van der Waals surface area (Å²) < 4.78 is 22.1. The van der Waals surface area contributed by atoms with Crippen molar-refractivity contribution in [3.63, 3.8) is 0 Å². The highest BCUT2D eigenvalue weighted by molar-refractivity contribution is 5.96. The van der Waals surface area contributed by atoms with Crippen molar-refractivity contribution in [3.05, 3.63) is 157 Å². The highest BCUT2D eigenvalue weighted by Gasteiger charge is 2.46. The van der Waals surface area contributed by atoms with Crippen molar-refractivity contribution in [1.82, 2.24) is 0 Å². The second-order valence-corrected chi connectivity index (χ2v) is 10.5. The summed E-state index contributed by atoms with van der Waals surface area (Å²) in [6.07, 6.45) is 2.27. The van der Waals surface area contributed by atoms with Gasteiger partial charge in [0.05, 0.1) is 5.41 Å². The molecule has 6 heteroatoms. The van der Waals surface area contributed by atoms with Crippen LogP contribution in [0.15, 0.2) is 135 Å². The van der Waals surface area contributed by atoms with Gasteiger partial charge in [-0.05, 0) is 80.6 Å². The maximum Gasteiger partial charge on any atom is 0.330 e. The number of carbonyl (C=O) groups is 2. The molecular formula is C39H32O6. The van der Waals surface area contributed by atoms with E-state index in [1.165, 1.54) is 5.56 Å². The van der Waals surface area contributed by atoms with Crippen LogP contribution in [-0.2, 0) is 24.5 Å². The lowest BCUT2D eigenvalue weighted by atomic mass is 9.67. The van der Waals surface area contributed by atoms with Gasteiger partial charge in [0.1, 0.15) is 37.9 Å². The van der Waals surface area contributed by atoms with E-state index >= 15 is 0 Å². The lowest BCUT2D eigenvalue weighted by molar-refractivity contribution is -0.139. The van der Waals surface area contributed by atoms with Gasteiger partial charge < -0.3 is 18.9 Å². The zero-order chi connectivity index (χ0) is 31.2. The van der Waals surface area contributed by atoms with Gasteiger partial charge in [-0.2, -0.15) is 0 Å². The quantitative estimate of drug-likeness (QED) is 0.0832. The fourth-order valence-corrected chi connectivity index (χ4v) is 6.08. The molecule has 0 aromatic heterocycles. The molecule has 1 aliphatic carbocycles. The molecular weight excluding hydrogens is 564 g/mol. The predicted molar refractivity (Wildman–Crippen MR) is 175 cm³/mol. The summed E-state index contributed by atoms with van der Waals surface area (Å²) in [5.74, 6) is 0.379. The molecule has 0 radical (unpaired) electrons. The molecule has 0 bridgehead atoms. The molecule has 6 rings (SSSR count). The summed E-state index contributed by atoms with van der Waals surface area (Å²) in [5, 5.41) is 2.32. The van der Waals surface area contributed by atoms with E-state index in [1.54, 1.807) is 0 Å². The minimum Gasteiger partial charge on any atom is -0.490 e. The highest BCUT2D eigenvalue weighted by Crippen LogP contribution is 2.57. The van der Waals surface area contributed by atoms with Crippen LogP contribution >= 0.6 is 0 Å². The van der Waals surface area contributed by atoms with Crippen molar-refractivity contribution >= 4 is 22.7 Å². The molecule has 5 aromatic carbocycles. The van der Waals surface area contributed by atoms with Gasteiger partial charge in [-0.25, -0.2) is 9.59 Å². The van der Waals surface area contributed by atoms with Gasteiger partial charge in [0, 0.05) is 12.2 Å². The summed E-state index contributed by atoms with van der Waals surface area (Å²) in [5.41, 5.74) is 6.04. The first-order valence-corrected chi connectivity index (χ1v) is 14.7. The van der Waals surface area contributed by atoms with Gasteiger partial charge in [-0.1, -0.05) is 86.0 Å². The standard InChI is InChI=1S/C39H32O6/c1-3-37(40)44-22-20-42-31-16-14-30(15-17-31)39(29-12-6-5-7-13-29)35-25-28-11-9-8-10-27(28)24-34(35)33-19-18-32(26-36(33)39)43-21-23-45-38(41)4-2/h3-19,24-26H,1-2,20-23H2. The van der Waals surface area contributed by atoms with Crippen LogP contribution < -0.4 is 9.47 Å². The topological polar surface area (TPSA) is 71.1 Å². The van der Waals surface area contributed by atoms with Crippen molar-refractivity contribution < 1.29 is 28.5 Å². The zero-order valence-electron chi connectivity index (χ0n) is 24.7. The number of esters is 2. The maximum absolute atomic E-state index is 11.5. The van der Waals surface area contributed by atoms with E-state index in [9.17, 15) is 9.59 Å². The van der Waals surface area contributed by atoms with Gasteiger partial charge in [-0.3, -0.25) is 0 Å². The number of fused-ring (bicyclic) bond motifs is 4. The highest BCUT2D eigenvalue weighted by atomic mass is 16.6. The molecule has 0 spiro atoms. The number of ether oxygens (including phenoxy) is 4. The van der Waals surface area contributed by atoms with E-state index in [0.29, 0.717) is 11.5 Å². The number of hydrogen-bond acceptors (Lipinski definition) is 6. The molecule has 0 heterocycles. The van der Waals surface area contributed by atoms with Crippen LogP contribution in [0.25, 0.3) is 21.9 Å². The smallest absolute Gasteiger partial charge is 0.330 e. The minimum atomic E-state index is -0.664. The lowest BCUT2D eigenvalue weighted by Gasteiger charge is -2.34. The zero-order valence-corrected chi connectivity index (χ0v) is 24.7. The Morgan fingerprint density at radius 2 is 1.09 bits per heavy atom. The van der Waals surface area contributed by atoms with Gasteiger partial charge in [-0.15, -0.1) is 0 Å². The average Bonchev–Trinajstić information content (AvgIpc) is 3.37. The molecule has 5 aromatic rings. The first-order valence-electron chi connectivity index (χ1n) is 14.7. The molecule has 0 aliphatic heterocycles. The fourth-order valence-electron chi connectivity index (χ4n) is 6.08. The van der Waals surface area contributed by atoms with Crippen molar-refractivity contribution in [2.24, 2.45) is 0 Å². The van der Waals surface area contributed by atoms with Gasteiger partial charge in [0.25, 0.3) is 0 Å². The van der Waals surface area contributed by atoms with Crippen LogP contribution in [0.4, 0.5) is 0 Å². The molecule has 224 valence electrons. The Labute approximate surface area is 262 Å². The van der Waals surface area contributed by atoms with Crippen LogP contribution in [0.3, 0.4) is 0 Å². The maximum atomic E-state index is 11.5. The lowest BCUT2D eigenvalue weighted by Crippen LogP contribution is -2.28. The van der Waals surface area contributed by atoms with Crippen LogP contribution in [-0.4, -0.2) is 38.4 Å². The molecule has 1 aliphatic rings. The molecule has 1 atom stereocenters. The molecule has 0 saturated carbocycles. The number of hydrogen-bond donors (Lipinski definition) is 0. The Bertz CT molecular complexity index is 1880. The van der Waals surface area contributed by atoms with Gasteiger partial charge >= 0.3 is 11.9 Å². The van der Waals surface area contributed by atoms with E-state index < -0.39 is 17.4 Å². The second kappa shape index (κ2) is 12.9. The van der Waals surface area contributed by atoms with Crippen LogP contribution in [0.5, 0.6) is 11.5 Å². The van der Waals surface area contributed by atoms with Crippen molar-refractivity contribution in [3.8, 4) is 22.6 Å². The van der Waals surface area contributed by atoms with Crippen molar-refractivity contribution in [1.29, 1.82) is 0 Å². The first kappa shape index (κ1) is 29.5. The third-order valence-corrected chi connectivity index (χ3v) is 8.00. The van der Waals surface area contributed by atoms with E-state index in [-0.39, 0.29) is 26.4 Å². The SMILES string of the molecule is C=CC(=O)OCCOc1ccc(C2(c3ccccc3)c3cc(OCCOC(=O)C=C)ccc3-c3cc4ccccc4cc32)cc1. The monoisotopic (exact) mass is 596 g/mol. The molecule has 45 heavy (non-hydrogen) atoms. The fraction of sp³-hybridized carbons (Fsp3) is 0.128. The predicted octanol–water partition coefficient (Wildman–Crippen LogP) is 7.42. The summed E-state index contributed by atoms with van der Waals surface area (Å²) in [6.45, 7) is 7.53. The number of rotatable bonds is 12. The van der Waals surface area contributed by atoms with E-state index in [0.717, 1.165) is 50.7 Å². The summed E-state index contributed by atoms with van der Waals surface area (Å²) >= 11 is 0. The average molecular weight is 597 g/mol. The number of benzene rings is 5. The van der Waals surface area contributed by atoms with Crippen LogP contribution in [0.2, 0.25) is 0 Å². The van der Waals surface area contributed by atoms with Crippen molar-refractivity contribution in [2.75, 3.05) is 26.4 Å². The van der Waals surface area contributed by atoms with E-state index in [1.807, 2.05) is 24.3 Å². The van der Waals surface area contributed by atoms with Gasteiger partial charge in [0.15, 0.2) is 0 Å². The first-order chi connectivity index (χ1) is 22.0. The molecule has 0 fully saturated rings. The third-order valence-electron chi connectivity index (χ3n) is 8.00. The molecule has 0 N–H and O–H groups in total. The Morgan fingerprint density at radius 3 is 1.73 bits per heavy atom. The normalized spacial score (nSPS) is 14.6. The second-order valence-electron chi connectivity index (χ2n) is 10.5. The summed E-state index contributed by atoms with van der Waals surface area (Å²) in [4.78, 5) is 22.9.